The van der Waals surface area contributed by atoms with Gasteiger partial charge in [-0.15, -0.1) is 0 Å². The molecule has 0 bridgehead atoms. The van der Waals surface area contributed by atoms with E-state index < -0.39 is 5.60 Å². The molecule has 0 radical (unpaired) electrons. The van der Waals surface area contributed by atoms with Crippen molar-refractivity contribution in [3.8, 4) is 5.75 Å². The number of rotatable bonds is 9. The SMILES string of the molecule is O=CCC[C@@]12C[C@H](O)C[C@@H]1c1cccc(CCCCOC3CCCCO3)c1O2. The summed E-state index contributed by atoms with van der Waals surface area (Å²) in [4.78, 5) is 10.9. The van der Waals surface area contributed by atoms with Gasteiger partial charge in [0.25, 0.3) is 0 Å². The van der Waals surface area contributed by atoms with Crippen molar-refractivity contribution in [2.45, 2.75) is 88.1 Å². The van der Waals surface area contributed by atoms with Crippen molar-refractivity contribution in [1.29, 1.82) is 0 Å². The first-order chi connectivity index (χ1) is 13.7. The van der Waals surface area contributed by atoms with E-state index in [0.717, 1.165) is 63.8 Å². The molecule has 4 atom stereocenters. The molecule has 1 saturated heterocycles. The van der Waals surface area contributed by atoms with Gasteiger partial charge >= 0.3 is 0 Å². The highest BCUT2D eigenvalue weighted by atomic mass is 16.7. The number of benzene rings is 1. The molecule has 0 aromatic heterocycles. The lowest BCUT2D eigenvalue weighted by Gasteiger charge is -2.28. The predicted octanol–water partition coefficient (Wildman–Crippen LogP) is 3.90. The van der Waals surface area contributed by atoms with Crippen molar-refractivity contribution in [2.75, 3.05) is 13.2 Å². The predicted molar refractivity (Wildman–Crippen MR) is 106 cm³/mol. The van der Waals surface area contributed by atoms with Crippen LogP contribution in [0.3, 0.4) is 0 Å². The van der Waals surface area contributed by atoms with Gasteiger partial charge in [0.05, 0.1) is 6.10 Å². The highest BCUT2D eigenvalue weighted by Gasteiger charge is 2.54. The van der Waals surface area contributed by atoms with Crippen molar-refractivity contribution in [2.24, 2.45) is 0 Å². The fourth-order valence-electron chi connectivity index (χ4n) is 5.14. The summed E-state index contributed by atoms with van der Waals surface area (Å²) < 4.78 is 17.9. The summed E-state index contributed by atoms with van der Waals surface area (Å²) >= 11 is 0. The Labute approximate surface area is 167 Å². The van der Waals surface area contributed by atoms with Crippen LogP contribution in [-0.4, -0.2) is 42.6 Å². The number of unbranched alkanes of at least 4 members (excludes halogenated alkanes) is 1. The summed E-state index contributed by atoms with van der Waals surface area (Å²) in [6, 6.07) is 6.38. The second-order valence-electron chi connectivity index (χ2n) is 8.48. The van der Waals surface area contributed by atoms with Crippen LogP contribution in [0.2, 0.25) is 0 Å². The smallest absolute Gasteiger partial charge is 0.157 e. The summed E-state index contributed by atoms with van der Waals surface area (Å²) in [7, 11) is 0. The maximum atomic E-state index is 10.9. The average Bonchev–Trinajstić information content (AvgIpc) is 3.18. The van der Waals surface area contributed by atoms with Gasteiger partial charge in [-0.2, -0.15) is 0 Å². The van der Waals surface area contributed by atoms with Crippen LogP contribution >= 0.6 is 0 Å². The van der Waals surface area contributed by atoms with Gasteiger partial charge in [-0.3, -0.25) is 0 Å². The number of aliphatic hydroxyl groups excluding tert-OH is 1. The molecule has 2 aliphatic heterocycles. The van der Waals surface area contributed by atoms with Gasteiger partial charge in [-0.1, -0.05) is 18.2 Å². The van der Waals surface area contributed by atoms with E-state index >= 15 is 0 Å². The molecule has 1 N–H and O–H groups in total. The van der Waals surface area contributed by atoms with Gasteiger partial charge in [-0.05, 0) is 56.9 Å². The highest BCUT2D eigenvalue weighted by Crippen LogP contribution is 2.56. The number of fused-ring (bicyclic) bond motifs is 3. The van der Waals surface area contributed by atoms with Crippen LogP contribution in [0, 0.1) is 0 Å². The fourth-order valence-corrected chi connectivity index (χ4v) is 5.14. The van der Waals surface area contributed by atoms with Crippen molar-refractivity contribution < 1.29 is 24.1 Å². The molecule has 0 amide bonds. The molecule has 1 aromatic carbocycles. The number of carbonyl (C=O) groups excluding carboxylic acids is 1. The molecular formula is C23H32O5. The zero-order valence-corrected chi connectivity index (χ0v) is 16.6. The molecule has 154 valence electrons. The lowest BCUT2D eigenvalue weighted by atomic mass is 9.83. The van der Waals surface area contributed by atoms with E-state index in [4.69, 9.17) is 14.2 Å². The molecule has 1 saturated carbocycles. The number of aldehydes is 1. The number of aryl methyl sites for hydroxylation is 1. The largest absolute Gasteiger partial charge is 0.486 e. The van der Waals surface area contributed by atoms with Crippen LogP contribution < -0.4 is 4.74 Å². The summed E-state index contributed by atoms with van der Waals surface area (Å²) in [6.07, 6.45) is 9.46. The second kappa shape index (κ2) is 8.93. The number of hydrogen-bond donors (Lipinski definition) is 1. The molecule has 1 aromatic rings. The van der Waals surface area contributed by atoms with Gasteiger partial charge < -0.3 is 24.1 Å². The zero-order valence-electron chi connectivity index (χ0n) is 16.6. The first-order valence-electron chi connectivity index (χ1n) is 10.9. The Balaban J connectivity index is 1.34. The standard InChI is InChI=1S/C23H32O5/c24-12-6-11-23-16-18(25)15-20(23)19-9-5-8-17(22(19)28-23)7-1-3-13-26-21-10-2-4-14-27-21/h5,8-9,12,18,20-21,25H,1-4,6-7,10-11,13-16H2/t18-,20-,21?,23-/m1/s1. The molecular weight excluding hydrogens is 356 g/mol. The quantitative estimate of drug-likeness (QED) is 0.513. The number of hydrogen-bond acceptors (Lipinski definition) is 5. The molecule has 3 aliphatic rings. The van der Waals surface area contributed by atoms with E-state index in [2.05, 4.69) is 18.2 Å². The summed E-state index contributed by atoms with van der Waals surface area (Å²) in [5, 5.41) is 10.2. The van der Waals surface area contributed by atoms with E-state index in [1.54, 1.807) is 0 Å². The number of para-hydroxylation sites is 1. The minimum Gasteiger partial charge on any atom is -0.486 e. The molecule has 28 heavy (non-hydrogen) atoms. The topological polar surface area (TPSA) is 65.0 Å². The van der Waals surface area contributed by atoms with E-state index in [1.807, 2.05) is 0 Å². The molecule has 5 heteroatoms. The van der Waals surface area contributed by atoms with Crippen LogP contribution in [0.5, 0.6) is 5.75 Å². The van der Waals surface area contributed by atoms with Crippen molar-refractivity contribution in [3.63, 3.8) is 0 Å². The Bertz CT molecular complexity index is 669. The lowest BCUT2D eigenvalue weighted by Crippen LogP contribution is -2.34. The number of carbonyl (C=O) groups is 1. The molecule has 1 aliphatic carbocycles. The fraction of sp³-hybridized carbons (Fsp3) is 0.696. The summed E-state index contributed by atoms with van der Waals surface area (Å²) in [5.74, 6) is 1.20. The third-order valence-corrected chi connectivity index (χ3v) is 6.50. The van der Waals surface area contributed by atoms with Crippen LogP contribution in [0.25, 0.3) is 0 Å². The van der Waals surface area contributed by atoms with E-state index in [0.29, 0.717) is 19.3 Å². The van der Waals surface area contributed by atoms with Crippen molar-refractivity contribution in [3.05, 3.63) is 29.3 Å². The molecule has 5 nitrogen and oxygen atoms in total. The van der Waals surface area contributed by atoms with E-state index in [9.17, 15) is 9.90 Å². The maximum Gasteiger partial charge on any atom is 0.157 e. The third-order valence-electron chi connectivity index (χ3n) is 6.50. The minimum absolute atomic E-state index is 0.0125. The Morgan fingerprint density at radius 1 is 1.29 bits per heavy atom. The van der Waals surface area contributed by atoms with Crippen LogP contribution in [-0.2, 0) is 20.7 Å². The monoisotopic (exact) mass is 388 g/mol. The minimum atomic E-state index is -0.403. The summed E-state index contributed by atoms with van der Waals surface area (Å²) in [5.41, 5.74) is 2.05. The van der Waals surface area contributed by atoms with E-state index in [1.165, 1.54) is 17.5 Å². The van der Waals surface area contributed by atoms with E-state index in [-0.39, 0.29) is 18.3 Å². The Hall–Kier alpha value is -1.43. The van der Waals surface area contributed by atoms with Crippen LogP contribution in [0.1, 0.15) is 74.8 Å². The van der Waals surface area contributed by atoms with Gasteiger partial charge in [0.2, 0.25) is 0 Å². The first kappa shape index (κ1) is 19.9. The highest BCUT2D eigenvalue weighted by molar-refractivity contribution is 5.52. The normalized spacial score (nSPS) is 31.2. The average molecular weight is 389 g/mol. The zero-order chi connectivity index (χ0) is 19.4. The number of aliphatic hydroxyl groups is 1. The third kappa shape index (κ3) is 4.12. The molecule has 2 fully saturated rings. The Kier molecular flexibility index (Phi) is 6.34. The van der Waals surface area contributed by atoms with Crippen LogP contribution in [0.15, 0.2) is 18.2 Å². The molecule has 1 unspecified atom stereocenters. The second-order valence-corrected chi connectivity index (χ2v) is 8.48. The van der Waals surface area contributed by atoms with Gasteiger partial charge in [0.15, 0.2) is 6.29 Å². The van der Waals surface area contributed by atoms with Gasteiger partial charge in [0, 0.05) is 37.5 Å². The summed E-state index contributed by atoms with van der Waals surface area (Å²) in [6.45, 7) is 1.55. The number of ether oxygens (including phenoxy) is 3. The first-order valence-corrected chi connectivity index (χ1v) is 10.9. The van der Waals surface area contributed by atoms with Crippen LogP contribution in [0.4, 0.5) is 0 Å². The molecule has 2 heterocycles. The Morgan fingerprint density at radius 2 is 2.21 bits per heavy atom. The van der Waals surface area contributed by atoms with Gasteiger partial charge in [0.1, 0.15) is 17.6 Å². The van der Waals surface area contributed by atoms with Crippen molar-refractivity contribution in [1.82, 2.24) is 0 Å². The lowest BCUT2D eigenvalue weighted by molar-refractivity contribution is -0.162. The molecule has 4 rings (SSSR count). The maximum absolute atomic E-state index is 10.9. The van der Waals surface area contributed by atoms with Gasteiger partial charge in [-0.25, -0.2) is 0 Å². The molecule has 0 spiro atoms. The van der Waals surface area contributed by atoms with Crippen molar-refractivity contribution >= 4 is 6.29 Å². The Morgan fingerprint density at radius 3 is 3.04 bits per heavy atom.